The van der Waals surface area contributed by atoms with Crippen molar-refractivity contribution in [3.05, 3.63) is 60.2 Å². The first-order valence-corrected chi connectivity index (χ1v) is 9.59. The molecule has 5 nitrogen and oxygen atoms in total. The van der Waals surface area contributed by atoms with E-state index in [0.717, 1.165) is 17.9 Å². The molecule has 0 radical (unpaired) electrons. The summed E-state index contributed by atoms with van der Waals surface area (Å²) in [6.45, 7) is 6.37. The monoisotopic (exact) mass is 373 g/mol. The van der Waals surface area contributed by atoms with Crippen LogP contribution in [0, 0.1) is 0 Å². The van der Waals surface area contributed by atoms with Crippen LogP contribution in [0.25, 0.3) is 0 Å². The average molecular weight is 373 g/mol. The number of hydrogen-bond donors (Lipinski definition) is 2. The third kappa shape index (κ3) is 8.91. The molecule has 0 saturated heterocycles. The lowest BCUT2D eigenvalue weighted by Gasteiger charge is -2.19. The van der Waals surface area contributed by atoms with Crippen molar-refractivity contribution in [1.82, 2.24) is 5.32 Å². The fourth-order valence-electron chi connectivity index (χ4n) is 2.71. The highest BCUT2D eigenvalue weighted by Crippen LogP contribution is 2.14. The molecular weight excluding hydrogens is 342 g/mol. The molecule has 2 aromatic carbocycles. The molecule has 0 unspecified atom stereocenters. The van der Waals surface area contributed by atoms with Crippen molar-refractivity contribution >= 4 is 0 Å². The molecule has 2 atom stereocenters. The molecule has 2 rings (SSSR count). The molecule has 27 heavy (non-hydrogen) atoms. The molecule has 0 spiro atoms. The van der Waals surface area contributed by atoms with E-state index >= 15 is 0 Å². The first-order chi connectivity index (χ1) is 13.2. The number of ether oxygens (including phenoxy) is 3. The third-order valence-electron chi connectivity index (χ3n) is 4.05. The van der Waals surface area contributed by atoms with Crippen molar-refractivity contribution in [2.45, 2.75) is 39.0 Å². The number of rotatable bonds is 13. The third-order valence-corrected chi connectivity index (χ3v) is 4.05. The fourth-order valence-corrected chi connectivity index (χ4v) is 2.71. The molecule has 0 aliphatic heterocycles. The van der Waals surface area contributed by atoms with Crippen LogP contribution in [0.5, 0.6) is 11.5 Å². The summed E-state index contributed by atoms with van der Waals surface area (Å²) in [7, 11) is 0. The zero-order valence-corrected chi connectivity index (χ0v) is 16.3. The van der Waals surface area contributed by atoms with Crippen LogP contribution < -0.4 is 14.8 Å². The summed E-state index contributed by atoms with van der Waals surface area (Å²) in [5.74, 6) is 1.67. The van der Waals surface area contributed by atoms with Crippen molar-refractivity contribution in [3.8, 4) is 11.5 Å². The summed E-state index contributed by atoms with van der Waals surface area (Å²) in [6, 6.07) is 17.8. The summed E-state index contributed by atoms with van der Waals surface area (Å²) < 4.78 is 16.5. The molecule has 2 aromatic rings. The van der Waals surface area contributed by atoms with E-state index in [-0.39, 0.29) is 6.04 Å². The maximum Gasteiger partial charge on any atom is 0.119 e. The number of hydrogen-bond acceptors (Lipinski definition) is 5. The van der Waals surface area contributed by atoms with Gasteiger partial charge < -0.3 is 19.3 Å². The molecule has 0 aromatic heterocycles. The highest BCUT2D eigenvalue weighted by Gasteiger charge is 2.10. The molecule has 0 bridgehead atoms. The Balaban J connectivity index is 1.64. The lowest BCUT2D eigenvalue weighted by Crippen LogP contribution is -2.38. The van der Waals surface area contributed by atoms with E-state index in [1.54, 1.807) is 0 Å². The fraction of sp³-hybridized carbons (Fsp3) is 0.455. The minimum absolute atomic E-state index is 0.154. The molecular formula is C22H31NO4. The Morgan fingerprint density at radius 2 is 1.56 bits per heavy atom. The molecule has 0 aliphatic carbocycles. The van der Waals surface area contributed by atoms with Gasteiger partial charge >= 0.3 is 0 Å². The average Bonchev–Trinajstić information content (AvgIpc) is 2.67. The van der Waals surface area contributed by atoms with Crippen LogP contribution in [0.15, 0.2) is 54.6 Å². The van der Waals surface area contributed by atoms with Gasteiger partial charge in [-0.2, -0.15) is 0 Å². The topological polar surface area (TPSA) is 60.0 Å². The maximum absolute atomic E-state index is 10.1. The molecule has 0 fully saturated rings. The van der Waals surface area contributed by atoms with Gasteiger partial charge in [0, 0.05) is 19.1 Å². The highest BCUT2D eigenvalue weighted by molar-refractivity contribution is 5.27. The highest BCUT2D eigenvalue weighted by atomic mass is 16.5. The van der Waals surface area contributed by atoms with Gasteiger partial charge in [-0.25, -0.2) is 0 Å². The van der Waals surface area contributed by atoms with Gasteiger partial charge in [0.25, 0.3) is 0 Å². The minimum Gasteiger partial charge on any atom is -0.493 e. The summed E-state index contributed by atoms with van der Waals surface area (Å²) in [4.78, 5) is 0. The summed E-state index contributed by atoms with van der Waals surface area (Å²) in [5.41, 5.74) is 1.19. The predicted octanol–water partition coefficient (Wildman–Crippen LogP) is 3.41. The Kier molecular flexibility index (Phi) is 9.69. The first kappa shape index (κ1) is 21.2. The van der Waals surface area contributed by atoms with E-state index in [4.69, 9.17) is 14.2 Å². The van der Waals surface area contributed by atoms with Crippen molar-refractivity contribution in [2.24, 2.45) is 0 Å². The lowest BCUT2D eigenvalue weighted by atomic mass is 10.1. The second-order valence-electron chi connectivity index (χ2n) is 6.43. The Bertz CT molecular complexity index is 618. The number of nitrogens with one attached hydrogen (secondary N) is 1. The van der Waals surface area contributed by atoms with Crippen molar-refractivity contribution in [2.75, 3.05) is 26.4 Å². The number of benzene rings is 2. The minimum atomic E-state index is -0.593. The second kappa shape index (κ2) is 12.3. The molecule has 0 saturated carbocycles. The summed E-state index contributed by atoms with van der Waals surface area (Å²) in [5, 5.41) is 13.3. The van der Waals surface area contributed by atoms with Gasteiger partial charge in [0.1, 0.15) is 24.3 Å². The standard InChI is InChI=1S/C22H31NO4/c1-3-25-15-16-27-21-11-9-19(10-12-21)17-18(2)23-22(24)13-14-26-20-7-5-4-6-8-20/h4-12,18,22-24H,3,13-17H2,1-2H3/t18-,22+/m1/s1. The van der Waals surface area contributed by atoms with Crippen LogP contribution >= 0.6 is 0 Å². The summed E-state index contributed by atoms with van der Waals surface area (Å²) in [6.07, 6.45) is 0.770. The predicted molar refractivity (Wildman–Crippen MR) is 107 cm³/mol. The Morgan fingerprint density at radius 3 is 2.26 bits per heavy atom. The first-order valence-electron chi connectivity index (χ1n) is 9.59. The van der Waals surface area contributed by atoms with Crippen LogP contribution in [0.3, 0.4) is 0 Å². The lowest BCUT2D eigenvalue weighted by molar-refractivity contribution is 0.0973. The van der Waals surface area contributed by atoms with Gasteiger partial charge in [-0.15, -0.1) is 0 Å². The molecule has 0 aliphatic rings. The van der Waals surface area contributed by atoms with Crippen LogP contribution in [0.2, 0.25) is 0 Å². The Labute approximate surface area is 162 Å². The second-order valence-corrected chi connectivity index (χ2v) is 6.43. The van der Waals surface area contributed by atoms with E-state index in [9.17, 15) is 5.11 Å². The molecule has 0 amide bonds. The van der Waals surface area contributed by atoms with Gasteiger partial charge in [0.2, 0.25) is 0 Å². The van der Waals surface area contributed by atoms with E-state index in [0.29, 0.717) is 32.8 Å². The van der Waals surface area contributed by atoms with Crippen molar-refractivity contribution in [1.29, 1.82) is 0 Å². The van der Waals surface area contributed by atoms with E-state index in [1.807, 2.05) is 49.4 Å². The van der Waals surface area contributed by atoms with Crippen LogP contribution in [-0.2, 0) is 11.2 Å². The smallest absolute Gasteiger partial charge is 0.119 e. The Morgan fingerprint density at radius 1 is 0.889 bits per heavy atom. The largest absolute Gasteiger partial charge is 0.493 e. The quantitative estimate of drug-likeness (QED) is 0.416. The zero-order chi connectivity index (χ0) is 19.3. The van der Waals surface area contributed by atoms with Gasteiger partial charge in [-0.05, 0) is 50.1 Å². The van der Waals surface area contributed by atoms with E-state index in [2.05, 4.69) is 24.4 Å². The molecule has 0 heterocycles. The van der Waals surface area contributed by atoms with E-state index in [1.165, 1.54) is 5.56 Å². The molecule has 5 heteroatoms. The van der Waals surface area contributed by atoms with Crippen molar-refractivity contribution in [3.63, 3.8) is 0 Å². The number of aliphatic hydroxyl groups is 1. The number of para-hydroxylation sites is 1. The molecule has 148 valence electrons. The van der Waals surface area contributed by atoms with Crippen molar-refractivity contribution < 1.29 is 19.3 Å². The van der Waals surface area contributed by atoms with E-state index < -0.39 is 6.23 Å². The Hall–Kier alpha value is -2.08. The molecule has 2 N–H and O–H groups in total. The van der Waals surface area contributed by atoms with Crippen LogP contribution in [0.1, 0.15) is 25.8 Å². The van der Waals surface area contributed by atoms with Gasteiger partial charge in [-0.3, -0.25) is 5.32 Å². The van der Waals surface area contributed by atoms with Gasteiger partial charge in [-0.1, -0.05) is 30.3 Å². The number of aliphatic hydroxyl groups excluding tert-OH is 1. The van der Waals surface area contributed by atoms with Crippen LogP contribution in [-0.4, -0.2) is 43.8 Å². The normalized spacial score (nSPS) is 13.1. The maximum atomic E-state index is 10.1. The SMILES string of the molecule is CCOCCOc1ccc(C[C@@H](C)N[C@@H](O)CCOc2ccccc2)cc1. The van der Waals surface area contributed by atoms with Crippen LogP contribution in [0.4, 0.5) is 0 Å². The van der Waals surface area contributed by atoms with Gasteiger partial charge in [0.15, 0.2) is 0 Å². The van der Waals surface area contributed by atoms with Gasteiger partial charge in [0.05, 0.1) is 13.2 Å². The summed E-state index contributed by atoms with van der Waals surface area (Å²) >= 11 is 0. The zero-order valence-electron chi connectivity index (χ0n) is 16.3.